The van der Waals surface area contributed by atoms with Crippen molar-refractivity contribution in [2.45, 2.75) is 77.5 Å². The van der Waals surface area contributed by atoms with Crippen LogP contribution in [0.2, 0.25) is 0 Å². The van der Waals surface area contributed by atoms with Crippen LogP contribution in [0.15, 0.2) is 60.9 Å². The monoisotopic (exact) mass is 616 g/mol. The second-order valence-electron chi connectivity index (χ2n) is 12.2. The summed E-state index contributed by atoms with van der Waals surface area (Å²) in [4.78, 5) is 59.2. The number of para-hydroxylation sites is 2. The quantitative estimate of drug-likeness (QED) is 0.107. The van der Waals surface area contributed by atoms with Gasteiger partial charge >= 0.3 is 5.97 Å². The van der Waals surface area contributed by atoms with Crippen molar-refractivity contribution in [1.29, 1.82) is 0 Å². The summed E-state index contributed by atoms with van der Waals surface area (Å²) in [6.07, 6.45) is 4.69. The van der Waals surface area contributed by atoms with Gasteiger partial charge in [0, 0.05) is 47.0 Å². The maximum Gasteiger partial charge on any atom is 0.326 e. The van der Waals surface area contributed by atoms with Crippen LogP contribution in [0.3, 0.4) is 0 Å². The van der Waals surface area contributed by atoms with Crippen LogP contribution in [0, 0.1) is 11.8 Å². The largest absolute Gasteiger partial charge is 0.480 e. The molecule has 240 valence electrons. The van der Waals surface area contributed by atoms with E-state index in [0.717, 1.165) is 32.9 Å². The Bertz CT molecular complexity index is 1640. The molecule has 2 aromatic carbocycles. The Balaban J connectivity index is 1.59. The van der Waals surface area contributed by atoms with Crippen molar-refractivity contribution in [1.82, 2.24) is 25.9 Å². The first-order valence-corrected chi connectivity index (χ1v) is 15.5. The van der Waals surface area contributed by atoms with Crippen molar-refractivity contribution in [3.63, 3.8) is 0 Å². The fourth-order valence-electron chi connectivity index (χ4n) is 5.56. The smallest absolute Gasteiger partial charge is 0.326 e. The molecule has 0 radical (unpaired) electrons. The number of H-pyrrole nitrogens is 2. The van der Waals surface area contributed by atoms with E-state index in [1.165, 1.54) is 0 Å². The summed E-state index contributed by atoms with van der Waals surface area (Å²) in [6.45, 7) is 7.67. The summed E-state index contributed by atoms with van der Waals surface area (Å²) in [5.41, 5.74) is 9.35. The van der Waals surface area contributed by atoms with Crippen molar-refractivity contribution in [3.8, 4) is 0 Å². The van der Waals surface area contributed by atoms with E-state index >= 15 is 0 Å². The van der Waals surface area contributed by atoms with Gasteiger partial charge in [0.25, 0.3) is 0 Å². The Morgan fingerprint density at radius 1 is 0.756 bits per heavy atom. The number of aliphatic carboxylic acids is 1. The highest BCUT2D eigenvalue weighted by molar-refractivity contribution is 5.95. The number of nitrogens with two attached hydrogens (primary N) is 1. The highest BCUT2D eigenvalue weighted by atomic mass is 16.4. The van der Waals surface area contributed by atoms with Crippen LogP contribution in [0.1, 0.15) is 51.7 Å². The number of carboxylic acids is 1. The molecule has 0 saturated carbocycles. The molecule has 45 heavy (non-hydrogen) atoms. The van der Waals surface area contributed by atoms with E-state index in [4.69, 9.17) is 5.73 Å². The van der Waals surface area contributed by atoms with Gasteiger partial charge in [0.2, 0.25) is 17.7 Å². The lowest BCUT2D eigenvalue weighted by molar-refractivity contribution is -0.142. The number of hydrogen-bond acceptors (Lipinski definition) is 5. The van der Waals surface area contributed by atoms with Gasteiger partial charge in [0.05, 0.1) is 6.04 Å². The van der Waals surface area contributed by atoms with Gasteiger partial charge in [0.1, 0.15) is 18.1 Å². The van der Waals surface area contributed by atoms with E-state index in [9.17, 15) is 24.3 Å². The van der Waals surface area contributed by atoms with Gasteiger partial charge in [-0.2, -0.15) is 0 Å². The van der Waals surface area contributed by atoms with Crippen LogP contribution in [-0.2, 0) is 32.0 Å². The Labute approximate surface area is 262 Å². The molecule has 0 saturated heterocycles. The average Bonchev–Trinajstić information content (AvgIpc) is 3.62. The summed E-state index contributed by atoms with van der Waals surface area (Å²) in [5, 5.41) is 20.1. The molecule has 2 heterocycles. The lowest BCUT2D eigenvalue weighted by Crippen LogP contribution is -2.59. The molecule has 3 amide bonds. The predicted molar refractivity (Wildman–Crippen MR) is 174 cm³/mol. The highest BCUT2D eigenvalue weighted by Crippen LogP contribution is 2.21. The number of carbonyl (C=O) groups is 4. The van der Waals surface area contributed by atoms with Crippen molar-refractivity contribution >= 4 is 45.5 Å². The minimum atomic E-state index is -1.25. The molecule has 0 aliphatic heterocycles. The molecular formula is C34H44N6O5. The molecule has 8 N–H and O–H groups in total. The first-order valence-electron chi connectivity index (χ1n) is 15.5. The van der Waals surface area contributed by atoms with Gasteiger partial charge in [-0.15, -0.1) is 0 Å². The first-order chi connectivity index (χ1) is 21.5. The zero-order valence-electron chi connectivity index (χ0n) is 26.2. The minimum Gasteiger partial charge on any atom is -0.480 e. The molecule has 5 atom stereocenters. The predicted octanol–water partition coefficient (Wildman–Crippen LogP) is 3.39. The molecule has 0 spiro atoms. The number of amides is 3. The summed E-state index contributed by atoms with van der Waals surface area (Å²) in [7, 11) is 0. The molecule has 0 fully saturated rings. The summed E-state index contributed by atoms with van der Waals surface area (Å²) >= 11 is 0. The third-order valence-corrected chi connectivity index (χ3v) is 8.30. The van der Waals surface area contributed by atoms with E-state index in [1.54, 1.807) is 12.4 Å². The van der Waals surface area contributed by atoms with Crippen molar-refractivity contribution in [2.75, 3.05) is 0 Å². The normalized spacial score (nSPS) is 14.9. The molecule has 0 bridgehead atoms. The fourth-order valence-corrected chi connectivity index (χ4v) is 5.56. The Hall–Kier alpha value is -4.64. The molecule has 0 aliphatic rings. The lowest BCUT2D eigenvalue weighted by Gasteiger charge is -2.28. The molecule has 2 aromatic heterocycles. The van der Waals surface area contributed by atoms with Crippen LogP contribution in [0.4, 0.5) is 0 Å². The van der Waals surface area contributed by atoms with Crippen molar-refractivity contribution in [2.24, 2.45) is 17.6 Å². The number of hydrogen-bond donors (Lipinski definition) is 7. The van der Waals surface area contributed by atoms with Crippen molar-refractivity contribution < 1.29 is 24.3 Å². The standard InChI is InChI=1S/C34H44N6O5/c1-5-20(4)30(40-31(41)25(35)14-19(2)3)33(43)38-28(15-21-17-36-26-12-8-6-10-23(21)26)32(42)39-29(34(44)45)16-22-18-37-27-13-9-7-11-24(22)27/h6-13,17-20,25,28-30,36-37H,5,14-16,35H2,1-4H3,(H,38,43)(H,39,42)(H,40,41)(H,44,45). The summed E-state index contributed by atoms with van der Waals surface area (Å²) < 4.78 is 0. The minimum absolute atomic E-state index is 0.0398. The number of aromatic amines is 2. The number of fused-ring (bicyclic) bond motifs is 2. The molecule has 4 rings (SSSR count). The number of nitrogens with one attached hydrogen (secondary N) is 5. The SMILES string of the molecule is CCC(C)C(NC(=O)C(N)CC(C)C)C(=O)NC(Cc1c[nH]c2ccccc12)C(=O)NC(Cc1c[nH]c2ccccc12)C(=O)O. The van der Waals surface area contributed by atoms with Gasteiger partial charge in [-0.05, 0) is 41.5 Å². The lowest BCUT2D eigenvalue weighted by atomic mass is 9.96. The average molecular weight is 617 g/mol. The van der Waals surface area contributed by atoms with E-state index in [0.29, 0.717) is 12.8 Å². The van der Waals surface area contributed by atoms with E-state index < -0.39 is 47.9 Å². The van der Waals surface area contributed by atoms with Crippen LogP contribution >= 0.6 is 0 Å². The Morgan fingerprint density at radius 2 is 1.27 bits per heavy atom. The summed E-state index contributed by atoms with van der Waals surface area (Å²) in [6, 6.07) is 11.0. The number of benzene rings is 2. The second kappa shape index (κ2) is 14.9. The molecule has 11 heteroatoms. The fraction of sp³-hybridized carbons (Fsp3) is 0.412. The van der Waals surface area contributed by atoms with Gasteiger partial charge in [-0.3, -0.25) is 14.4 Å². The number of aromatic nitrogens is 2. The topological polar surface area (TPSA) is 182 Å². The molecule has 4 aromatic rings. The second-order valence-corrected chi connectivity index (χ2v) is 12.2. The van der Waals surface area contributed by atoms with Gasteiger partial charge in [-0.1, -0.05) is 70.5 Å². The first kappa shape index (κ1) is 33.3. The van der Waals surface area contributed by atoms with Crippen LogP contribution in [-0.4, -0.2) is 62.9 Å². The zero-order chi connectivity index (χ0) is 32.7. The third kappa shape index (κ3) is 8.30. The van der Waals surface area contributed by atoms with E-state index in [1.807, 2.05) is 76.2 Å². The van der Waals surface area contributed by atoms with Crippen LogP contribution in [0.25, 0.3) is 21.8 Å². The van der Waals surface area contributed by atoms with Gasteiger partial charge in [-0.25, -0.2) is 4.79 Å². The number of carboxylic acid groups (broad SMARTS) is 1. The summed E-state index contributed by atoms with van der Waals surface area (Å²) in [5.74, 6) is -2.89. The maximum atomic E-state index is 13.8. The van der Waals surface area contributed by atoms with E-state index in [-0.39, 0.29) is 24.7 Å². The maximum absolute atomic E-state index is 13.8. The van der Waals surface area contributed by atoms with E-state index in [2.05, 4.69) is 25.9 Å². The zero-order valence-corrected chi connectivity index (χ0v) is 26.2. The van der Waals surface area contributed by atoms with Gasteiger partial charge in [0.15, 0.2) is 0 Å². The Morgan fingerprint density at radius 3 is 1.78 bits per heavy atom. The van der Waals surface area contributed by atoms with Crippen LogP contribution in [0.5, 0.6) is 0 Å². The number of rotatable bonds is 15. The van der Waals surface area contributed by atoms with Crippen molar-refractivity contribution in [3.05, 3.63) is 72.1 Å². The molecule has 5 unspecified atom stereocenters. The third-order valence-electron chi connectivity index (χ3n) is 8.30. The molecule has 11 nitrogen and oxygen atoms in total. The van der Waals surface area contributed by atoms with Crippen LogP contribution < -0.4 is 21.7 Å². The highest BCUT2D eigenvalue weighted by Gasteiger charge is 2.33. The number of carbonyl (C=O) groups excluding carboxylic acids is 3. The Kier molecular flexibility index (Phi) is 11.0. The van der Waals surface area contributed by atoms with Gasteiger partial charge < -0.3 is 36.8 Å². The molecular weight excluding hydrogens is 572 g/mol. The molecule has 0 aliphatic carbocycles.